The van der Waals surface area contributed by atoms with Gasteiger partial charge in [0.25, 0.3) is 0 Å². The Morgan fingerprint density at radius 1 is 1.35 bits per heavy atom. The number of carboxylic acid groups (broad SMARTS) is 1. The Hall–Kier alpha value is -2.09. The predicted molar refractivity (Wildman–Crippen MR) is 64.8 cm³/mol. The number of ether oxygens (including phenoxy) is 1. The highest BCUT2D eigenvalue weighted by Crippen LogP contribution is 2.31. The Morgan fingerprint density at radius 3 is 2.70 bits per heavy atom. The summed E-state index contributed by atoms with van der Waals surface area (Å²) < 4.78 is 46.3. The van der Waals surface area contributed by atoms with Gasteiger partial charge in [0.1, 0.15) is 12.4 Å². The molecule has 0 atom stereocenters. The quantitative estimate of drug-likeness (QED) is 0.940. The van der Waals surface area contributed by atoms with Gasteiger partial charge in [0.05, 0.1) is 10.4 Å². The fourth-order valence-electron chi connectivity index (χ4n) is 1.40. The molecule has 0 saturated carbocycles. The van der Waals surface area contributed by atoms with E-state index in [1.54, 1.807) is 0 Å². The van der Waals surface area contributed by atoms with E-state index < -0.39 is 17.7 Å². The molecule has 20 heavy (non-hydrogen) atoms. The van der Waals surface area contributed by atoms with Gasteiger partial charge in [-0.05, 0) is 35.8 Å². The number of benzene rings is 1. The summed E-state index contributed by atoms with van der Waals surface area (Å²) in [5.74, 6) is -1.10. The third-order valence-corrected chi connectivity index (χ3v) is 3.08. The third kappa shape index (κ3) is 3.47. The van der Waals surface area contributed by atoms with Gasteiger partial charge in [-0.25, -0.2) is 4.79 Å². The summed E-state index contributed by atoms with van der Waals surface area (Å²) in [5.41, 5.74) is -0.914. The molecule has 0 unspecified atom stereocenters. The summed E-state index contributed by atoms with van der Waals surface area (Å²) in [6.45, 7) is -0.0355. The number of hydrogen-bond acceptors (Lipinski definition) is 4. The van der Waals surface area contributed by atoms with E-state index in [-0.39, 0.29) is 18.1 Å². The molecular formula is C12H8F3NO3S. The largest absolute Gasteiger partial charge is 0.488 e. The third-order valence-electron chi connectivity index (χ3n) is 2.32. The van der Waals surface area contributed by atoms with Crippen molar-refractivity contribution in [1.82, 2.24) is 4.37 Å². The lowest BCUT2D eigenvalue weighted by molar-refractivity contribution is -0.137. The first kappa shape index (κ1) is 14.3. The lowest BCUT2D eigenvalue weighted by Gasteiger charge is -2.09. The molecule has 8 heteroatoms. The van der Waals surface area contributed by atoms with E-state index in [1.165, 1.54) is 18.2 Å². The Morgan fingerprint density at radius 2 is 2.10 bits per heavy atom. The number of halogens is 3. The maximum absolute atomic E-state index is 12.5. The zero-order valence-corrected chi connectivity index (χ0v) is 10.7. The average molecular weight is 303 g/mol. The SMILES string of the molecule is O=C(O)c1cc(COc2cccc(C(F)(F)F)c2)sn1. The second-order valence-electron chi connectivity index (χ2n) is 3.80. The molecular weight excluding hydrogens is 295 g/mol. The van der Waals surface area contributed by atoms with Crippen LogP contribution < -0.4 is 4.74 Å². The van der Waals surface area contributed by atoms with E-state index in [9.17, 15) is 18.0 Å². The van der Waals surface area contributed by atoms with Crippen LogP contribution in [0.3, 0.4) is 0 Å². The number of rotatable bonds is 4. The molecule has 0 aliphatic heterocycles. The second-order valence-corrected chi connectivity index (χ2v) is 4.69. The monoisotopic (exact) mass is 303 g/mol. The van der Waals surface area contributed by atoms with Crippen LogP contribution in [0.4, 0.5) is 13.2 Å². The van der Waals surface area contributed by atoms with Crippen LogP contribution in [0.25, 0.3) is 0 Å². The molecule has 2 aromatic rings. The van der Waals surface area contributed by atoms with Crippen LogP contribution in [0.1, 0.15) is 20.9 Å². The molecule has 0 fully saturated rings. The molecule has 2 rings (SSSR count). The smallest absolute Gasteiger partial charge is 0.416 e. The van der Waals surface area contributed by atoms with Gasteiger partial charge in [-0.2, -0.15) is 17.5 Å². The van der Waals surface area contributed by atoms with Gasteiger partial charge >= 0.3 is 12.1 Å². The van der Waals surface area contributed by atoms with Gasteiger partial charge in [-0.1, -0.05) is 6.07 Å². The van der Waals surface area contributed by atoms with E-state index in [0.717, 1.165) is 23.7 Å². The first-order valence-corrected chi connectivity index (χ1v) is 6.12. The predicted octanol–water partition coefficient (Wildman–Crippen LogP) is 3.44. The number of aromatic carboxylic acids is 1. The first-order valence-electron chi connectivity index (χ1n) is 5.35. The van der Waals surface area contributed by atoms with Crippen LogP contribution >= 0.6 is 11.5 Å². The second kappa shape index (κ2) is 5.49. The molecule has 0 aliphatic rings. The van der Waals surface area contributed by atoms with Crippen LogP contribution in [0.5, 0.6) is 5.75 Å². The minimum atomic E-state index is -4.43. The summed E-state index contributed by atoms with van der Waals surface area (Å²) in [4.78, 5) is 11.1. The zero-order chi connectivity index (χ0) is 14.8. The maximum Gasteiger partial charge on any atom is 0.416 e. The van der Waals surface area contributed by atoms with Gasteiger partial charge < -0.3 is 9.84 Å². The first-order chi connectivity index (χ1) is 9.36. The molecule has 0 saturated heterocycles. The maximum atomic E-state index is 12.5. The van der Waals surface area contributed by atoms with Crippen LogP contribution in [-0.4, -0.2) is 15.4 Å². The molecule has 0 spiro atoms. The molecule has 1 aromatic heterocycles. The standard InChI is InChI=1S/C12H8F3NO3S/c13-12(14,15)7-2-1-3-8(4-7)19-6-9-5-10(11(17)18)16-20-9/h1-5H,6H2,(H,17,18). The lowest BCUT2D eigenvalue weighted by atomic mass is 10.2. The van der Waals surface area contributed by atoms with E-state index >= 15 is 0 Å². The van der Waals surface area contributed by atoms with Crippen molar-refractivity contribution in [3.05, 3.63) is 46.5 Å². The Bertz CT molecular complexity index is 624. The van der Waals surface area contributed by atoms with Crippen molar-refractivity contribution in [3.8, 4) is 5.75 Å². The van der Waals surface area contributed by atoms with Crippen LogP contribution in [0.2, 0.25) is 0 Å². The van der Waals surface area contributed by atoms with Crippen molar-refractivity contribution < 1.29 is 27.8 Å². The lowest BCUT2D eigenvalue weighted by Crippen LogP contribution is -2.05. The van der Waals surface area contributed by atoms with Crippen molar-refractivity contribution in [2.75, 3.05) is 0 Å². The summed E-state index contributed by atoms with van der Waals surface area (Å²) >= 11 is 0.929. The number of hydrogen-bond donors (Lipinski definition) is 1. The molecule has 0 bridgehead atoms. The fraction of sp³-hybridized carbons (Fsp3) is 0.167. The van der Waals surface area contributed by atoms with Gasteiger partial charge in [-0.3, -0.25) is 0 Å². The molecule has 1 heterocycles. The van der Waals surface area contributed by atoms with Crippen LogP contribution in [-0.2, 0) is 12.8 Å². The van der Waals surface area contributed by atoms with Gasteiger partial charge in [-0.15, -0.1) is 0 Å². The van der Waals surface area contributed by atoms with Gasteiger partial charge in [0.15, 0.2) is 5.69 Å². The Kier molecular flexibility index (Phi) is 3.93. The minimum absolute atomic E-state index is 0.0355. The highest BCUT2D eigenvalue weighted by molar-refractivity contribution is 7.05. The van der Waals surface area contributed by atoms with Crippen molar-refractivity contribution in [1.29, 1.82) is 0 Å². The molecule has 1 N–H and O–H groups in total. The highest BCUT2D eigenvalue weighted by Gasteiger charge is 2.30. The van der Waals surface area contributed by atoms with Gasteiger partial charge in [0.2, 0.25) is 0 Å². The fourth-order valence-corrected chi connectivity index (χ4v) is 2.02. The number of alkyl halides is 3. The van der Waals surface area contributed by atoms with E-state index in [0.29, 0.717) is 4.88 Å². The summed E-state index contributed by atoms with van der Waals surface area (Å²) in [7, 11) is 0. The summed E-state index contributed by atoms with van der Waals surface area (Å²) in [6, 6.07) is 5.80. The Labute approximate surface area is 115 Å². The van der Waals surface area contributed by atoms with Crippen LogP contribution in [0.15, 0.2) is 30.3 Å². The number of aromatic nitrogens is 1. The molecule has 1 aromatic carbocycles. The average Bonchev–Trinajstić information content (AvgIpc) is 2.85. The molecule has 0 aliphatic carbocycles. The van der Waals surface area contributed by atoms with Crippen LogP contribution in [0, 0.1) is 0 Å². The number of carbonyl (C=O) groups is 1. The van der Waals surface area contributed by atoms with E-state index in [4.69, 9.17) is 9.84 Å². The summed E-state index contributed by atoms with van der Waals surface area (Å²) in [6.07, 6.45) is -4.43. The van der Waals surface area contributed by atoms with E-state index in [1.807, 2.05) is 0 Å². The minimum Gasteiger partial charge on any atom is -0.488 e. The Balaban J connectivity index is 2.05. The summed E-state index contributed by atoms with van der Waals surface area (Å²) in [5, 5.41) is 8.69. The zero-order valence-electron chi connectivity index (χ0n) is 9.85. The van der Waals surface area contributed by atoms with Crippen molar-refractivity contribution in [3.63, 3.8) is 0 Å². The van der Waals surface area contributed by atoms with E-state index in [2.05, 4.69) is 4.37 Å². The number of nitrogens with zero attached hydrogens (tertiary/aromatic N) is 1. The molecule has 4 nitrogen and oxygen atoms in total. The normalized spacial score (nSPS) is 11.3. The molecule has 0 radical (unpaired) electrons. The van der Waals surface area contributed by atoms with Crippen molar-refractivity contribution in [2.45, 2.75) is 12.8 Å². The molecule has 106 valence electrons. The van der Waals surface area contributed by atoms with Crippen molar-refractivity contribution in [2.24, 2.45) is 0 Å². The van der Waals surface area contributed by atoms with Crippen molar-refractivity contribution >= 4 is 17.5 Å². The topological polar surface area (TPSA) is 59.4 Å². The van der Waals surface area contributed by atoms with Gasteiger partial charge in [0, 0.05) is 0 Å². The molecule has 0 amide bonds. The number of carboxylic acids is 1. The highest BCUT2D eigenvalue weighted by atomic mass is 32.1.